The van der Waals surface area contributed by atoms with Crippen molar-refractivity contribution in [1.82, 2.24) is 9.55 Å². The topological polar surface area (TPSA) is 101 Å². The van der Waals surface area contributed by atoms with Crippen LogP contribution in [-0.4, -0.2) is 32.0 Å². The summed E-state index contributed by atoms with van der Waals surface area (Å²) in [6.07, 6.45) is 3.01. The molecule has 0 unspecified atom stereocenters. The molecule has 0 fully saturated rings. The number of nitrogens with zero attached hydrogens (tertiary/aromatic N) is 2. The van der Waals surface area contributed by atoms with E-state index in [1.54, 1.807) is 37.6 Å². The number of phenols is 2. The number of imidazole rings is 1. The maximum Gasteiger partial charge on any atom is 0.299 e. The number of methoxy groups -OCH3 is 1. The Labute approximate surface area is 161 Å². The van der Waals surface area contributed by atoms with Crippen LogP contribution in [0, 0.1) is 0 Å². The molecule has 2 heterocycles. The highest BCUT2D eigenvalue weighted by atomic mass is 16.5. The Kier molecular flexibility index (Phi) is 4.15. The number of phenolic OH excluding ortho intramolecular Hbond substituents is 2. The summed E-state index contributed by atoms with van der Waals surface area (Å²) in [6, 6.07) is 8.07. The van der Waals surface area contributed by atoms with Crippen LogP contribution < -0.4 is 4.74 Å². The molecule has 2 aromatic heterocycles. The summed E-state index contributed by atoms with van der Waals surface area (Å²) >= 11 is 0. The van der Waals surface area contributed by atoms with Crippen LogP contribution in [0.2, 0.25) is 0 Å². The van der Waals surface area contributed by atoms with E-state index in [1.165, 1.54) is 16.8 Å². The zero-order chi connectivity index (χ0) is 20.0. The molecule has 0 aliphatic heterocycles. The highest BCUT2D eigenvalue weighted by molar-refractivity contribution is 5.92. The van der Waals surface area contributed by atoms with Crippen LogP contribution in [0.15, 0.2) is 47.2 Å². The highest BCUT2D eigenvalue weighted by Gasteiger charge is 2.21. The first-order chi connectivity index (χ1) is 13.4. The molecular formula is C21H20N2O5. The van der Waals surface area contributed by atoms with E-state index in [2.05, 4.69) is 4.98 Å². The second-order valence-corrected chi connectivity index (χ2v) is 6.81. The summed E-state index contributed by atoms with van der Waals surface area (Å²) in [5.41, 5.74) is 2.76. The number of furan rings is 1. The molecule has 3 N–H and O–H groups in total. The van der Waals surface area contributed by atoms with Crippen molar-refractivity contribution in [2.24, 2.45) is 0 Å². The van der Waals surface area contributed by atoms with Crippen molar-refractivity contribution < 1.29 is 24.5 Å². The molecular weight excluding hydrogens is 360 g/mol. The molecule has 0 radical (unpaired) electrons. The van der Waals surface area contributed by atoms with Gasteiger partial charge in [0.25, 0.3) is 6.01 Å². The molecule has 0 amide bonds. The van der Waals surface area contributed by atoms with E-state index in [1.807, 2.05) is 13.8 Å². The minimum absolute atomic E-state index is 0.0215. The van der Waals surface area contributed by atoms with Gasteiger partial charge in [0.05, 0.1) is 31.0 Å². The van der Waals surface area contributed by atoms with E-state index < -0.39 is 0 Å². The summed E-state index contributed by atoms with van der Waals surface area (Å²) in [5, 5.41) is 31.8. The first-order valence-corrected chi connectivity index (χ1v) is 8.80. The third-order valence-electron chi connectivity index (χ3n) is 4.80. The maximum atomic E-state index is 10.5. The van der Waals surface area contributed by atoms with Gasteiger partial charge in [-0.3, -0.25) is 4.57 Å². The third kappa shape index (κ3) is 2.63. The molecule has 2 aromatic carbocycles. The van der Waals surface area contributed by atoms with Gasteiger partial charge in [-0.05, 0) is 35.7 Å². The summed E-state index contributed by atoms with van der Waals surface area (Å²) < 4.78 is 12.4. The fourth-order valence-corrected chi connectivity index (χ4v) is 3.41. The number of rotatable bonds is 4. The predicted octanol–water partition coefficient (Wildman–Crippen LogP) is 4.53. The Bertz CT molecular complexity index is 1170. The third-order valence-corrected chi connectivity index (χ3v) is 4.80. The van der Waals surface area contributed by atoms with Crippen molar-refractivity contribution in [3.05, 3.63) is 48.4 Å². The van der Waals surface area contributed by atoms with Crippen molar-refractivity contribution in [1.29, 1.82) is 0 Å². The first-order valence-electron chi connectivity index (χ1n) is 8.80. The monoisotopic (exact) mass is 380 g/mol. The number of hydrogen-bond acceptors (Lipinski definition) is 6. The second kappa shape index (κ2) is 6.53. The van der Waals surface area contributed by atoms with E-state index in [0.29, 0.717) is 33.8 Å². The van der Waals surface area contributed by atoms with E-state index in [0.717, 1.165) is 5.39 Å². The van der Waals surface area contributed by atoms with Crippen LogP contribution in [0.3, 0.4) is 0 Å². The van der Waals surface area contributed by atoms with E-state index in [-0.39, 0.29) is 23.4 Å². The Morgan fingerprint density at radius 3 is 2.57 bits per heavy atom. The fraction of sp³-hybridized carbons (Fsp3) is 0.190. The molecule has 0 aliphatic rings. The normalized spacial score (nSPS) is 11.4. The minimum Gasteiger partial charge on any atom is -0.508 e. The Morgan fingerprint density at radius 2 is 1.86 bits per heavy atom. The summed E-state index contributed by atoms with van der Waals surface area (Å²) in [4.78, 5) is 4.02. The van der Waals surface area contributed by atoms with Gasteiger partial charge in [0, 0.05) is 17.0 Å². The van der Waals surface area contributed by atoms with Crippen molar-refractivity contribution in [3.63, 3.8) is 0 Å². The standard InChI is InChI=1S/C21H20N2O5/c1-11(2)13-8-14(18(25)9-17(13)24)16-10-22-21(26)23(16)15-4-5-19(27-3)20-12(15)6-7-28-20/h4-11,24-25H,1-3H3,(H,22,26). The smallest absolute Gasteiger partial charge is 0.299 e. The highest BCUT2D eigenvalue weighted by Crippen LogP contribution is 2.41. The van der Waals surface area contributed by atoms with Gasteiger partial charge in [-0.1, -0.05) is 13.8 Å². The van der Waals surface area contributed by atoms with Crippen molar-refractivity contribution in [2.45, 2.75) is 19.8 Å². The quantitative estimate of drug-likeness (QED) is 0.481. The van der Waals surface area contributed by atoms with Gasteiger partial charge in [-0.2, -0.15) is 0 Å². The van der Waals surface area contributed by atoms with Crippen LogP contribution in [-0.2, 0) is 0 Å². The van der Waals surface area contributed by atoms with E-state index in [9.17, 15) is 15.3 Å². The zero-order valence-electron chi connectivity index (χ0n) is 15.7. The lowest BCUT2D eigenvalue weighted by atomic mass is 9.97. The zero-order valence-corrected chi connectivity index (χ0v) is 15.7. The van der Waals surface area contributed by atoms with Crippen molar-refractivity contribution >= 4 is 11.0 Å². The van der Waals surface area contributed by atoms with Gasteiger partial charge in [-0.25, -0.2) is 4.98 Å². The van der Waals surface area contributed by atoms with Gasteiger partial charge in [-0.15, -0.1) is 0 Å². The van der Waals surface area contributed by atoms with Gasteiger partial charge >= 0.3 is 0 Å². The average molecular weight is 380 g/mol. The molecule has 0 bridgehead atoms. The molecule has 28 heavy (non-hydrogen) atoms. The lowest BCUT2D eigenvalue weighted by Gasteiger charge is -2.15. The number of hydrogen-bond donors (Lipinski definition) is 3. The molecule has 7 nitrogen and oxygen atoms in total. The van der Waals surface area contributed by atoms with Crippen LogP contribution in [0.25, 0.3) is 27.9 Å². The number of benzene rings is 2. The Hall–Kier alpha value is -3.61. The molecule has 4 aromatic rings. The lowest BCUT2D eigenvalue weighted by molar-refractivity contribution is 0.409. The molecule has 4 rings (SSSR count). The van der Waals surface area contributed by atoms with Crippen LogP contribution in [0.5, 0.6) is 23.3 Å². The van der Waals surface area contributed by atoms with E-state index >= 15 is 0 Å². The van der Waals surface area contributed by atoms with Gasteiger partial charge < -0.3 is 24.5 Å². The molecule has 0 aliphatic carbocycles. The van der Waals surface area contributed by atoms with Crippen molar-refractivity contribution in [2.75, 3.05) is 7.11 Å². The van der Waals surface area contributed by atoms with Crippen LogP contribution in [0.4, 0.5) is 0 Å². The average Bonchev–Trinajstić information content (AvgIpc) is 3.28. The second-order valence-electron chi connectivity index (χ2n) is 6.81. The molecule has 0 spiro atoms. The van der Waals surface area contributed by atoms with Crippen LogP contribution >= 0.6 is 0 Å². The van der Waals surface area contributed by atoms with Gasteiger partial charge in [0.1, 0.15) is 11.5 Å². The molecule has 0 atom stereocenters. The van der Waals surface area contributed by atoms with Gasteiger partial charge in [0.2, 0.25) is 0 Å². The summed E-state index contributed by atoms with van der Waals surface area (Å²) in [5.74, 6) is 0.526. The first kappa shape index (κ1) is 17.8. The minimum atomic E-state index is -0.235. The van der Waals surface area contributed by atoms with Crippen LogP contribution in [0.1, 0.15) is 25.3 Å². The van der Waals surface area contributed by atoms with Gasteiger partial charge in [0.15, 0.2) is 11.3 Å². The number of aromatic nitrogens is 2. The number of ether oxygens (including phenoxy) is 1. The summed E-state index contributed by atoms with van der Waals surface area (Å²) in [6.45, 7) is 3.90. The number of fused-ring (bicyclic) bond motifs is 1. The largest absolute Gasteiger partial charge is 0.508 e. The summed E-state index contributed by atoms with van der Waals surface area (Å²) in [7, 11) is 1.55. The lowest BCUT2D eigenvalue weighted by Crippen LogP contribution is -1.99. The molecule has 144 valence electrons. The molecule has 0 saturated carbocycles. The number of aromatic hydroxyl groups is 3. The van der Waals surface area contributed by atoms with Crippen molar-refractivity contribution in [3.8, 4) is 40.2 Å². The fourth-order valence-electron chi connectivity index (χ4n) is 3.41. The molecule has 7 heteroatoms. The SMILES string of the molecule is COc1ccc(-n2c(-c3cc(C(C)C)c(O)cc3O)cnc2O)c2ccoc12. The predicted molar refractivity (Wildman–Crippen MR) is 104 cm³/mol. The maximum absolute atomic E-state index is 10.5. The molecule has 0 saturated heterocycles. The Morgan fingerprint density at radius 1 is 1.07 bits per heavy atom. The van der Waals surface area contributed by atoms with E-state index in [4.69, 9.17) is 9.15 Å². The Balaban J connectivity index is 1.99.